The van der Waals surface area contributed by atoms with E-state index in [4.69, 9.17) is 4.74 Å². The fourth-order valence-corrected chi connectivity index (χ4v) is 3.00. The number of hydrogen-bond donors (Lipinski definition) is 1. The molecule has 0 saturated heterocycles. The standard InChI is InChI=1S/C14H19NO/c1-9-5-4-6-10-12(9)16-13-11(15-10)7-8-14(13,2)3/h4-6,11,13,15H,7-8H2,1-3H3. The summed E-state index contributed by atoms with van der Waals surface area (Å²) in [4.78, 5) is 0. The highest BCUT2D eigenvalue weighted by Crippen LogP contribution is 2.46. The summed E-state index contributed by atoms with van der Waals surface area (Å²) < 4.78 is 6.24. The molecule has 86 valence electrons. The number of benzene rings is 1. The lowest BCUT2D eigenvalue weighted by Gasteiger charge is -2.37. The van der Waals surface area contributed by atoms with E-state index in [1.807, 2.05) is 0 Å². The van der Waals surface area contributed by atoms with Crippen LogP contribution in [0.4, 0.5) is 5.69 Å². The minimum absolute atomic E-state index is 0.289. The minimum atomic E-state index is 0.289. The van der Waals surface area contributed by atoms with Crippen LogP contribution in [0.25, 0.3) is 0 Å². The molecule has 16 heavy (non-hydrogen) atoms. The molecule has 1 N–H and O–H groups in total. The number of ether oxygens (including phenoxy) is 1. The van der Waals surface area contributed by atoms with E-state index < -0.39 is 0 Å². The summed E-state index contributed by atoms with van der Waals surface area (Å²) in [5.74, 6) is 1.05. The minimum Gasteiger partial charge on any atom is -0.485 e. The van der Waals surface area contributed by atoms with Crippen LogP contribution in [0.15, 0.2) is 18.2 Å². The number of hydrogen-bond acceptors (Lipinski definition) is 2. The first-order valence-electron chi connectivity index (χ1n) is 6.11. The van der Waals surface area contributed by atoms with Crippen molar-refractivity contribution in [2.45, 2.75) is 45.8 Å². The van der Waals surface area contributed by atoms with E-state index in [1.165, 1.54) is 24.1 Å². The van der Waals surface area contributed by atoms with Crippen molar-refractivity contribution in [2.24, 2.45) is 5.41 Å². The molecule has 2 unspecified atom stereocenters. The van der Waals surface area contributed by atoms with E-state index in [1.54, 1.807) is 0 Å². The highest BCUT2D eigenvalue weighted by molar-refractivity contribution is 5.62. The highest BCUT2D eigenvalue weighted by atomic mass is 16.5. The molecule has 0 radical (unpaired) electrons. The Morgan fingerprint density at radius 1 is 1.38 bits per heavy atom. The Labute approximate surface area is 97.0 Å². The third-order valence-corrected chi connectivity index (χ3v) is 4.03. The number of fused-ring (bicyclic) bond motifs is 2. The summed E-state index contributed by atoms with van der Waals surface area (Å²) in [7, 11) is 0. The molecule has 1 aliphatic carbocycles. The summed E-state index contributed by atoms with van der Waals surface area (Å²) in [6.45, 7) is 6.73. The van der Waals surface area contributed by atoms with E-state index in [0.717, 1.165) is 5.75 Å². The Balaban J connectivity index is 2.01. The first kappa shape index (κ1) is 10.0. The van der Waals surface area contributed by atoms with Crippen LogP contribution in [0, 0.1) is 12.3 Å². The van der Waals surface area contributed by atoms with Gasteiger partial charge in [-0.3, -0.25) is 0 Å². The van der Waals surface area contributed by atoms with Crippen LogP contribution in [0.3, 0.4) is 0 Å². The number of aryl methyl sites for hydroxylation is 1. The number of rotatable bonds is 0. The molecule has 1 aromatic carbocycles. The number of nitrogens with one attached hydrogen (secondary N) is 1. The summed E-state index contributed by atoms with van der Waals surface area (Å²) in [6.07, 6.45) is 2.77. The molecule has 1 fully saturated rings. The lowest BCUT2D eigenvalue weighted by Crippen LogP contribution is -2.44. The predicted molar refractivity (Wildman–Crippen MR) is 66.0 cm³/mol. The Kier molecular flexibility index (Phi) is 1.97. The van der Waals surface area contributed by atoms with Crippen LogP contribution in [0.2, 0.25) is 0 Å². The van der Waals surface area contributed by atoms with Gasteiger partial charge in [0.25, 0.3) is 0 Å². The maximum atomic E-state index is 6.24. The second kappa shape index (κ2) is 3.16. The van der Waals surface area contributed by atoms with Gasteiger partial charge in [-0.25, -0.2) is 0 Å². The zero-order chi connectivity index (χ0) is 11.3. The topological polar surface area (TPSA) is 21.3 Å². The van der Waals surface area contributed by atoms with Crippen LogP contribution in [-0.4, -0.2) is 12.1 Å². The molecule has 2 atom stereocenters. The molecule has 0 bridgehead atoms. The SMILES string of the molecule is Cc1cccc2c1OC1C(CCC1(C)C)N2. The van der Waals surface area contributed by atoms with Gasteiger partial charge in [-0.2, -0.15) is 0 Å². The van der Waals surface area contributed by atoms with E-state index in [-0.39, 0.29) is 5.41 Å². The Bertz CT molecular complexity index is 425. The Morgan fingerprint density at radius 2 is 2.19 bits per heavy atom. The van der Waals surface area contributed by atoms with Crippen molar-refractivity contribution < 1.29 is 4.74 Å². The van der Waals surface area contributed by atoms with Crippen molar-refractivity contribution in [3.63, 3.8) is 0 Å². The van der Waals surface area contributed by atoms with Crippen LogP contribution >= 0.6 is 0 Å². The fourth-order valence-electron chi connectivity index (χ4n) is 3.00. The van der Waals surface area contributed by atoms with Gasteiger partial charge in [0.05, 0.1) is 11.7 Å². The molecule has 0 amide bonds. The molecule has 2 heteroatoms. The molecule has 1 aromatic rings. The molecule has 2 nitrogen and oxygen atoms in total. The molecule has 3 rings (SSSR count). The first-order chi connectivity index (χ1) is 7.58. The van der Waals surface area contributed by atoms with Gasteiger partial charge in [-0.15, -0.1) is 0 Å². The lowest BCUT2D eigenvalue weighted by atomic mass is 9.88. The van der Waals surface area contributed by atoms with E-state index in [9.17, 15) is 0 Å². The van der Waals surface area contributed by atoms with Crippen molar-refractivity contribution in [3.8, 4) is 5.75 Å². The zero-order valence-corrected chi connectivity index (χ0v) is 10.2. The maximum Gasteiger partial charge on any atom is 0.145 e. The van der Waals surface area contributed by atoms with Crippen molar-refractivity contribution in [1.29, 1.82) is 0 Å². The van der Waals surface area contributed by atoms with Gasteiger partial charge in [-0.05, 0) is 31.4 Å². The van der Waals surface area contributed by atoms with E-state index >= 15 is 0 Å². The summed E-state index contributed by atoms with van der Waals surface area (Å²) >= 11 is 0. The zero-order valence-electron chi connectivity index (χ0n) is 10.2. The highest BCUT2D eigenvalue weighted by Gasteiger charge is 2.46. The van der Waals surface area contributed by atoms with Gasteiger partial charge in [0.1, 0.15) is 11.9 Å². The van der Waals surface area contributed by atoms with Gasteiger partial charge < -0.3 is 10.1 Å². The molecule has 0 spiro atoms. The average molecular weight is 217 g/mol. The fraction of sp³-hybridized carbons (Fsp3) is 0.571. The monoisotopic (exact) mass is 217 g/mol. The van der Waals surface area contributed by atoms with Crippen molar-refractivity contribution in [2.75, 3.05) is 5.32 Å². The van der Waals surface area contributed by atoms with Crippen LogP contribution in [0.1, 0.15) is 32.3 Å². The molecular formula is C14H19NO. The third kappa shape index (κ3) is 1.32. The van der Waals surface area contributed by atoms with E-state index in [0.29, 0.717) is 12.1 Å². The van der Waals surface area contributed by atoms with Crippen LogP contribution in [0.5, 0.6) is 5.75 Å². The maximum absolute atomic E-state index is 6.24. The first-order valence-corrected chi connectivity index (χ1v) is 6.11. The molecule has 1 heterocycles. The van der Waals surface area contributed by atoms with Gasteiger partial charge >= 0.3 is 0 Å². The molecular weight excluding hydrogens is 198 g/mol. The van der Waals surface area contributed by atoms with Gasteiger partial charge in [0.15, 0.2) is 0 Å². The second-order valence-electron chi connectivity index (χ2n) is 5.77. The van der Waals surface area contributed by atoms with Gasteiger partial charge in [-0.1, -0.05) is 26.0 Å². The largest absolute Gasteiger partial charge is 0.485 e. The lowest BCUT2D eigenvalue weighted by molar-refractivity contribution is 0.0893. The number of para-hydroxylation sites is 1. The van der Waals surface area contributed by atoms with Crippen molar-refractivity contribution >= 4 is 5.69 Å². The molecule has 1 saturated carbocycles. The van der Waals surface area contributed by atoms with Crippen molar-refractivity contribution in [1.82, 2.24) is 0 Å². The predicted octanol–water partition coefficient (Wildman–Crippen LogP) is 3.36. The van der Waals surface area contributed by atoms with Gasteiger partial charge in [0, 0.05) is 5.41 Å². The summed E-state index contributed by atoms with van der Waals surface area (Å²) in [5, 5.41) is 3.63. The molecule has 0 aromatic heterocycles. The van der Waals surface area contributed by atoms with Crippen molar-refractivity contribution in [3.05, 3.63) is 23.8 Å². The average Bonchev–Trinajstić information content (AvgIpc) is 2.53. The Morgan fingerprint density at radius 3 is 3.00 bits per heavy atom. The van der Waals surface area contributed by atoms with Crippen LogP contribution < -0.4 is 10.1 Å². The smallest absolute Gasteiger partial charge is 0.145 e. The molecule has 2 aliphatic rings. The quantitative estimate of drug-likeness (QED) is 0.719. The van der Waals surface area contributed by atoms with Gasteiger partial charge in [0.2, 0.25) is 0 Å². The summed E-state index contributed by atoms with van der Waals surface area (Å²) in [6, 6.07) is 6.81. The molecule has 1 aliphatic heterocycles. The number of anilines is 1. The summed E-state index contributed by atoms with van der Waals surface area (Å²) in [5.41, 5.74) is 2.68. The second-order valence-corrected chi connectivity index (χ2v) is 5.77. The normalized spacial score (nSPS) is 29.9. The third-order valence-electron chi connectivity index (χ3n) is 4.03. The van der Waals surface area contributed by atoms with E-state index in [2.05, 4.69) is 44.3 Å². The Hall–Kier alpha value is -1.18. The van der Waals surface area contributed by atoms with Crippen LogP contribution in [-0.2, 0) is 0 Å².